The molecule has 0 spiro atoms. The molecule has 0 amide bonds. The van der Waals surface area contributed by atoms with Crippen molar-refractivity contribution in [2.24, 2.45) is 0 Å². The van der Waals surface area contributed by atoms with Crippen LogP contribution in [-0.4, -0.2) is 6.04 Å². The molecule has 0 radical (unpaired) electrons. The summed E-state index contributed by atoms with van der Waals surface area (Å²) in [5.41, 5.74) is 16.9. The highest BCUT2D eigenvalue weighted by Gasteiger charge is 2.38. The fraction of sp³-hybridized carbons (Fsp3) is 0.125. The van der Waals surface area contributed by atoms with Crippen LogP contribution in [0.2, 0.25) is 0 Å². The predicted molar refractivity (Wildman–Crippen MR) is 285 cm³/mol. The minimum Gasteiger partial charge on any atom is -0.456 e. The predicted octanol–water partition coefficient (Wildman–Crippen LogP) is 16.4. The van der Waals surface area contributed by atoms with Gasteiger partial charge in [-0.2, -0.15) is 0 Å². The van der Waals surface area contributed by atoms with Gasteiger partial charge in [0.25, 0.3) is 0 Å². The molecule has 0 saturated heterocycles. The molecule has 2 aliphatic carbocycles. The lowest BCUT2D eigenvalue weighted by Crippen LogP contribution is -2.35. The Hall–Kier alpha value is -8.08. The molecule has 0 fully saturated rings. The summed E-state index contributed by atoms with van der Waals surface area (Å²) in [6, 6.07) is 52.9. The number of anilines is 3. The zero-order valence-electron chi connectivity index (χ0n) is 39.3. The van der Waals surface area contributed by atoms with E-state index in [1.807, 2.05) is 60.7 Å². The van der Waals surface area contributed by atoms with Gasteiger partial charge >= 0.3 is 0 Å². The first-order chi connectivity index (χ1) is 32.8. The maximum atomic E-state index is 6.90. The SMILES string of the molecule is C=CC(CC1=Cc2ccccc2C1(C)C)N(C(=C)/C=C1/Oc2ccc3c4c(ccc(c24)C1=C)O/C(=C/C(=C)N(c1ccccc1)c1ccccc1)C3=C)c1ccc2c(c1)C(C)(C)c1ccccc1-2. The molecule has 0 N–H and O–H groups in total. The highest BCUT2D eigenvalue weighted by Crippen LogP contribution is 2.53. The third-order valence-electron chi connectivity index (χ3n) is 14.6. The first kappa shape index (κ1) is 42.5. The largest absolute Gasteiger partial charge is 0.456 e. The summed E-state index contributed by atoms with van der Waals surface area (Å²) >= 11 is 0. The molecule has 0 aromatic heterocycles. The van der Waals surface area contributed by atoms with Crippen LogP contribution in [0.3, 0.4) is 0 Å². The molecular weight excluding hydrogens is 829 g/mol. The number of nitrogens with zero attached hydrogens (tertiary/aromatic N) is 2. The molecule has 1 unspecified atom stereocenters. The first-order valence-electron chi connectivity index (χ1n) is 23.4. The number of fused-ring (bicyclic) bond motifs is 4. The van der Waals surface area contributed by atoms with Gasteiger partial charge in [0.2, 0.25) is 0 Å². The Labute approximate surface area is 400 Å². The van der Waals surface area contributed by atoms with Crippen LogP contribution in [0.1, 0.15) is 67.5 Å². The van der Waals surface area contributed by atoms with Gasteiger partial charge in [0.05, 0.1) is 6.04 Å². The van der Waals surface area contributed by atoms with Crippen molar-refractivity contribution in [2.75, 3.05) is 9.80 Å². The Kier molecular flexibility index (Phi) is 10.1. The molecule has 2 heterocycles. The van der Waals surface area contributed by atoms with Gasteiger partial charge in [0, 0.05) is 73.4 Å². The van der Waals surface area contributed by atoms with Crippen LogP contribution in [-0.2, 0) is 10.8 Å². The second kappa shape index (κ2) is 16.1. The van der Waals surface area contributed by atoms with Crippen LogP contribution in [0, 0.1) is 0 Å². The van der Waals surface area contributed by atoms with Gasteiger partial charge in [-0.25, -0.2) is 0 Å². The zero-order chi connectivity index (χ0) is 47.1. The molecule has 4 aliphatic rings. The number of hydrogen-bond acceptors (Lipinski definition) is 4. The number of rotatable bonds is 11. The summed E-state index contributed by atoms with van der Waals surface area (Å²) < 4.78 is 13.6. The normalized spacial score (nSPS) is 17.1. The van der Waals surface area contributed by atoms with Crippen LogP contribution in [0.5, 0.6) is 11.5 Å². The summed E-state index contributed by atoms with van der Waals surface area (Å²) in [7, 11) is 0. The van der Waals surface area contributed by atoms with Gasteiger partial charge in [-0.3, -0.25) is 0 Å². The quantitative estimate of drug-likeness (QED) is 0.121. The van der Waals surface area contributed by atoms with E-state index in [-0.39, 0.29) is 16.9 Å². The van der Waals surface area contributed by atoms with Gasteiger partial charge < -0.3 is 19.3 Å². The van der Waals surface area contributed by atoms with E-state index in [2.05, 4.69) is 179 Å². The van der Waals surface area contributed by atoms with E-state index in [0.717, 1.165) is 79.4 Å². The Morgan fingerprint density at radius 2 is 1.06 bits per heavy atom. The molecule has 11 rings (SSSR count). The van der Waals surface area contributed by atoms with Gasteiger partial charge in [0.1, 0.15) is 23.0 Å². The van der Waals surface area contributed by atoms with Crippen LogP contribution in [0.4, 0.5) is 17.1 Å². The van der Waals surface area contributed by atoms with Crippen molar-refractivity contribution in [3.8, 4) is 22.6 Å². The molecule has 2 aliphatic heterocycles. The average Bonchev–Trinajstić information content (AvgIpc) is 3.74. The molecule has 7 aromatic carbocycles. The Balaban J connectivity index is 0.943. The maximum Gasteiger partial charge on any atom is 0.136 e. The second-order valence-electron chi connectivity index (χ2n) is 19.3. The van der Waals surface area contributed by atoms with Crippen molar-refractivity contribution in [3.63, 3.8) is 0 Å². The second-order valence-corrected chi connectivity index (χ2v) is 19.3. The van der Waals surface area contributed by atoms with Crippen LogP contribution in [0.15, 0.2) is 231 Å². The lowest BCUT2D eigenvalue weighted by atomic mass is 9.78. The topological polar surface area (TPSA) is 24.9 Å². The van der Waals surface area contributed by atoms with Crippen molar-refractivity contribution in [3.05, 3.63) is 265 Å². The molecular formula is C64H54N2O2. The molecule has 7 aromatic rings. The highest BCUT2D eigenvalue weighted by atomic mass is 16.5. The Morgan fingerprint density at radius 1 is 0.544 bits per heavy atom. The van der Waals surface area contributed by atoms with E-state index in [0.29, 0.717) is 11.5 Å². The fourth-order valence-corrected chi connectivity index (χ4v) is 11.0. The van der Waals surface area contributed by atoms with Gasteiger partial charge in [-0.1, -0.05) is 163 Å². The van der Waals surface area contributed by atoms with Crippen LogP contribution < -0.4 is 19.3 Å². The number of ether oxygens (including phenoxy) is 2. The minimum absolute atomic E-state index is 0.131. The lowest BCUT2D eigenvalue weighted by Gasteiger charge is -2.36. The lowest BCUT2D eigenvalue weighted by molar-refractivity contribution is 0.442. The summed E-state index contributed by atoms with van der Waals surface area (Å²) in [5, 5.41) is 1.89. The maximum absolute atomic E-state index is 6.90. The smallest absolute Gasteiger partial charge is 0.136 e. The average molecular weight is 883 g/mol. The van der Waals surface area contributed by atoms with Crippen molar-refractivity contribution in [2.45, 2.75) is 51.0 Å². The van der Waals surface area contributed by atoms with Gasteiger partial charge in [-0.05, 0) is 112 Å². The minimum atomic E-state index is -0.178. The zero-order valence-corrected chi connectivity index (χ0v) is 39.3. The molecule has 4 nitrogen and oxygen atoms in total. The molecule has 0 bridgehead atoms. The number of para-hydroxylation sites is 2. The number of hydrogen-bond donors (Lipinski definition) is 0. The van der Waals surface area contributed by atoms with E-state index in [1.54, 1.807) is 0 Å². The van der Waals surface area contributed by atoms with Gasteiger partial charge in [-0.15, -0.1) is 6.58 Å². The standard InChI is InChI=1S/C64H54N2O2/c1-10-46(38-45-37-44-21-17-19-27-54(44)63(45,6)7)65(49-29-30-53-52-26-18-20-28-55(52)64(8,9)56(53)39-49)40(2)35-59-42(4)50-31-34-58-62-51(32-33-57(67-59)61(50)62)43(5)60(68-58)36-41(3)66(47-22-13-11-14-23-47)48-24-15-12-16-25-48/h10-37,39,46H,1-5,38H2,6-9H3/b59-35+,60-36+. The Bertz CT molecular complexity index is 3380. The molecule has 332 valence electrons. The molecule has 68 heavy (non-hydrogen) atoms. The van der Waals surface area contributed by atoms with E-state index >= 15 is 0 Å². The summed E-state index contributed by atoms with van der Waals surface area (Å²) in [5.74, 6) is 2.71. The monoisotopic (exact) mass is 882 g/mol. The van der Waals surface area contributed by atoms with E-state index in [4.69, 9.17) is 16.1 Å². The summed E-state index contributed by atoms with van der Waals surface area (Å²) in [6.07, 6.45) is 9.21. The Morgan fingerprint density at radius 3 is 1.65 bits per heavy atom. The van der Waals surface area contributed by atoms with Crippen molar-refractivity contribution < 1.29 is 9.47 Å². The third-order valence-corrected chi connectivity index (χ3v) is 14.6. The highest BCUT2D eigenvalue weighted by molar-refractivity contribution is 6.11. The summed E-state index contributed by atoms with van der Waals surface area (Å²) in [4.78, 5) is 4.45. The van der Waals surface area contributed by atoms with Crippen LogP contribution >= 0.6 is 0 Å². The van der Waals surface area contributed by atoms with E-state index in [1.165, 1.54) is 39.0 Å². The molecule has 1 atom stereocenters. The first-order valence-corrected chi connectivity index (χ1v) is 23.4. The summed E-state index contributed by atoms with van der Waals surface area (Å²) in [6.45, 7) is 32.3. The fourth-order valence-electron chi connectivity index (χ4n) is 11.0. The number of allylic oxidation sites excluding steroid dienone is 4. The van der Waals surface area contributed by atoms with E-state index in [9.17, 15) is 0 Å². The molecule has 4 heteroatoms. The van der Waals surface area contributed by atoms with E-state index < -0.39 is 0 Å². The van der Waals surface area contributed by atoms with Crippen molar-refractivity contribution in [1.29, 1.82) is 0 Å². The van der Waals surface area contributed by atoms with Crippen molar-refractivity contribution in [1.82, 2.24) is 0 Å². The third kappa shape index (κ3) is 6.74. The van der Waals surface area contributed by atoms with Gasteiger partial charge in [0.15, 0.2) is 0 Å². The number of benzene rings is 7. The molecule has 0 saturated carbocycles. The van der Waals surface area contributed by atoms with Crippen molar-refractivity contribution >= 4 is 45.1 Å². The van der Waals surface area contributed by atoms with Crippen LogP contribution in [0.25, 0.3) is 39.1 Å².